The molecule has 0 bridgehead atoms. The number of halogens is 1. The highest BCUT2D eigenvalue weighted by molar-refractivity contribution is 6.30. The van der Waals surface area contributed by atoms with Gasteiger partial charge in [0.1, 0.15) is 5.75 Å². The van der Waals surface area contributed by atoms with E-state index in [0.29, 0.717) is 49.1 Å². The molecule has 160 valence electrons. The highest BCUT2D eigenvalue weighted by Gasteiger charge is 2.89. The molecule has 1 saturated heterocycles. The molecule has 2 aromatic carbocycles. The molecule has 3 atom stereocenters. The first kappa shape index (κ1) is 20.2. The Morgan fingerprint density at radius 3 is 2.45 bits per heavy atom. The Morgan fingerprint density at radius 2 is 1.77 bits per heavy atom. The van der Waals surface area contributed by atoms with Crippen LogP contribution in [0.2, 0.25) is 5.02 Å². The third kappa shape index (κ3) is 2.58. The summed E-state index contributed by atoms with van der Waals surface area (Å²) in [5.74, 6) is -1.36. The van der Waals surface area contributed by atoms with Gasteiger partial charge in [-0.05, 0) is 36.8 Å². The quantitative estimate of drug-likeness (QED) is 0.315. The van der Waals surface area contributed by atoms with E-state index in [-0.39, 0.29) is 11.7 Å². The average Bonchev–Trinajstić information content (AvgIpc) is 3.46. The largest absolute Gasteiger partial charge is 0.425 e. The van der Waals surface area contributed by atoms with Crippen molar-refractivity contribution in [1.29, 1.82) is 0 Å². The summed E-state index contributed by atoms with van der Waals surface area (Å²) < 4.78 is 11.1. The number of nitrogens with zero attached hydrogens (tertiary/aromatic N) is 1. The summed E-state index contributed by atoms with van der Waals surface area (Å²) in [6.07, 6.45) is 0.332. The first-order valence-electron chi connectivity index (χ1n) is 10.5. The normalized spacial score (nSPS) is 28.9. The number of hydrogen-bond acceptors (Lipinski definition) is 5. The van der Waals surface area contributed by atoms with Crippen LogP contribution in [0.3, 0.4) is 0 Å². The lowest BCUT2D eigenvalue weighted by atomic mass is 9.82. The molecule has 5 rings (SSSR count). The summed E-state index contributed by atoms with van der Waals surface area (Å²) in [4.78, 5) is 43.0. The van der Waals surface area contributed by atoms with E-state index in [4.69, 9.17) is 21.1 Å². The maximum absolute atomic E-state index is 13.9. The lowest BCUT2D eigenvalue weighted by Crippen LogP contribution is -2.51. The van der Waals surface area contributed by atoms with Gasteiger partial charge in [-0.15, -0.1) is 0 Å². The third-order valence-electron chi connectivity index (χ3n) is 7.01. The van der Waals surface area contributed by atoms with Gasteiger partial charge in [0.25, 0.3) is 0 Å². The van der Waals surface area contributed by atoms with E-state index < -0.39 is 22.7 Å². The Kier molecular flexibility index (Phi) is 4.68. The van der Waals surface area contributed by atoms with Crippen LogP contribution in [-0.4, -0.2) is 48.9 Å². The molecule has 1 saturated carbocycles. The van der Waals surface area contributed by atoms with Crippen molar-refractivity contribution in [2.45, 2.75) is 19.3 Å². The van der Waals surface area contributed by atoms with Crippen molar-refractivity contribution in [2.24, 2.45) is 10.8 Å². The van der Waals surface area contributed by atoms with E-state index in [0.717, 1.165) is 5.56 Å². The van der Waals surface area contributed by atoms with Crippen LogP contribution in [-0.2, 0) is 14.3 Å². The number of Topliss-reactive ketones (excluding diaryl/α,β-unsaturated/α-hetero) is 1. The zero-order chi connectivity index (χ0) is 21.8. The molecule has 7 heteroatoms. The van der Waals surface area contributed by atoms with Crippen LogP contribution in [0.15, 0.2) is 48.5 Å². The molecule has 0 N–H and O–H groups in total. The van der Waals surface area contributed by atoms with Gasteiger partial charge in [-0.25, -0.2) is 0 Å². The van der Waals surface area contributed by atoms with Gasteiger partial charge in [0.15, 0.2) is 11.2 Å². The minimum Gasteiger partial charge on any atom is -0.425 e. The van der Waals surface area contributed by atoms with E-state index in [1.165, 1.54) is 0 Å². The fraction of sp³-hybridized carbons (Fsp3) is 0.375. The third-order valence-corrected chi connectivity index (χ3v) is 7.26. The fourth-order valence-electron chi connectivity index (χ4n) is 5.56. The van der Waals surface area contributed by atoms with Crippen molar-refractivity contribution in [3.05, 3.63) is 64.7 Å². The molecule has 31 heavy (non-hydrogen) atoms. The van der Waals surface area contributed by atoms with Crippen molar-refractivity contribution in [3.63, 3.8) is 0 Å². The summed E-state index contributed by atoms with van der Waals surface area (Å²) in [5, 5.41) is 0.513. The topological polar surface area (TPSA) is 72.9 Å². The second-order valence-corrected chi connectivity index (χ2v) is 8.67. The summed E-state index contributed by atoms with van der Waals surface area (Å²) in [7, 11) is 0. The van der Waals surface area contributed by atoms with Gasteiger partial charge in [-0.1, -0.05) is 36.7 Å². The Hall–Kier alpha value is -2.70. The Bertz CT molecular complexity index is 1080. The maximum atomic E-state index is 13.9. The number of ketones is 1. The number of ether oxygens (including phenoxy) is 2. The molecule has 2 heterocycles. The van der Waals surface area contributed by atoms with Gasteiger partial charge in [0, 0.05) is 35.2 Å². The van der Waals surface area contributed by atoms with Crippen LogP contribution in [0, 0.1) is 10.8 Å². The first-order valence-corrected chi connectivity index (χ1v) is 10.8. The number of carbonyl (C=O) groups excluding carboxylic acids is 3. The smallest absolute Gasteiger partial charge is 0.328 e. The number of amides is 1. The number of esters is 1. The number of carbonyl (C=O) groups is 3. The summed E-state index contributed by atoms with van der Waals surface area (Å²) in [6.45, 7) is 3.44. The van der Waals surface area contributed by atoms with Crippen molar-refractivity contribution in [3.8, 4) is 5.75 Å². The number of hydrogen-bond donors (Lipinski definition) is 0. The zero-order valence-corrected chi connectivity index (χ0v) is 17.9. The minimum atomic E-state index is -1.57. The Morgan fingerprint density at radius 1 is 1.10 bits per heavy atom. The van der Waals surface area contributed by atoms with Gasteiger partial charge in [0.2, 0.25) is 5.91 Å². The molecule has 0 aromatic heterocycles. The summed E-state index contributed by atoms with van der Waals surface area (Å²) in [6, 6.07) is 13.8. The van der Waals surface area contributed by atoms with E-state index in [2.05, 4.69) is 0 Å². The predicted octanol–water partition coefficient (Wildman–Crippen LogP) is 3.48. The van der Waals surface area contributed by atoms with Crippen LogP contribution >= 0.6 is 11.6 Å². The van der Waals surface area contributed by atoms with Crippen LogP contribution in [0.1, 0.15) is 35.2 Å². The molecule has 1 amide bonds. The molecule has 1 aliphatic carbocycles. The lowest BCUT2D eigenvalue weighted by molar-refractivity contribution is -0.156. The number of para-hydroxylation sites is 1. The molecule has 2 aliphatic heterocycles. The van der Waals surface area contributed by atoms with Gasteiger partial charge >= 0.3 is 5.97 Å². The van der Waals surface area contributed by atoms with Crippen LogP contribution < -0.4 is 4.74 Å². The molecule has 0 spiro atoms. The van der Waals surface area contributed by atoms with Gasteiger partial charge in [-0.2, -0.15) is 0 Å². The molecular weight excluding hydrogens is 418 g/mol. The van der Waals surface area contributed by atoms with E-state index in [9.17, 15) is 14.4 Å². The highest BCUT2D eigenvalue weighted by atomic mass is 35.5. The number of morpholine rings is 1. The van der Waals surface area contributed by atoms with Crippen LogP contribution in [0.25, 0.3) is 0 Å². The van der Waals surface area contributed by atoms with Crippen molar-refractivity contribution in [1.82, 2.24) is 4.90 Å². The number of fused-ring (bicyclic) bond motifs is 3. The van der Waals surface area contributed by atoms with Crippen molar-refractivity contribution >= 4 is 29.3 Å². The van der Waals surface area contributed by atoms with E-state index in [1.807, 2.05) is 19.1 Å². The molecule has 6 nitrogen and oxygen atoms in total. The number of benzene rings is 2. The van der Waals surface area contributed by atoms with Crippen LogP contribution in [0.4, 0.5) is 0 Å². The SMILES string of the molecule is CC[C@@]1(C(=O)c2ccc(Cl)cc2)[C@H]2c3ccccc3OC(=O)[C@@]21C(=O)N1CCOCC1. The minimum absolute atomic E-state index is 0.230. The monoisotopic (exact) mass is 439 g/mol. The van der Waals surface area contributed by atoms with E-state index in [1.54, 1.807) is 41.3 Å². The van der Waals surface area contributed by atoms with Gasteiger partial charge in [0.05, 0.1) is 18.6 Å². The lowest BCUT2D eigenvalue weighted by Gasteiger charge is -2.32. The standard InChI is InChI=1S/C24H22ClNO5/c1-2-23(20(27)15-7-9-16(25)10-8-15)19-17-5-3-4-6-18(17)31-22(29)24(19,23)21(28)26-11-13-30-14-12-26/h3-10,19H,2,11-14H2,1H3/t19-,23+,24+/m1/s1. The van der Waals surface area contributed by atoms with E-state index >= 15 is 0 Å². The predicted molar refractivity (Wildman–Crippen MR) is 113 cm³/mol. The van der Waals surface area contributed by atoms with Crippen LogP contribution in [0.5, 0.6) is 5.75 Å². The van der Waals surface area contributed by atoms with Crippen molar-refractivity contribution < 1.29 is 23.9 Å². The molecule has 2 fully saturated rings. The molecule has 3 aliphatic rings. The first-order chi connectivity index (χ1) is 15.0. The molecular formula is C24H22ClNO5. The van der Waals surface area contributed by atoms with Crippen molar-refractivity contribution in [2.75, 3.05) is 26.3 Å². The molecule has 0 radical (unpaired) electrons. The summed E-state index contributed by atoms with van der Waals surface area (Å²) in [5.41, 5.74) is -1.61. The molecule has 2 aromatic rings. The Balaban J connectivity index is 1.68. The van der Waals surface area contributed by atoms with Gasteiger partial charge in [-0.3, -0.25) is 14.4 Å². The highest BCUT2D eigenvalue weighted by Crippen LogP contribution is 2.80. The maximum Gasteiger partial charge on any atom is 0.328 e. The second kappa shape index (κ2) is 7.18. The average molecular weight is 440 g/mol. The Labute approximate surface area is 185 Å². The zero-order valence-electron chi connectivity index (χ0n) is 17.1. The fourth-order valence-corrected chi connectivity index (χ4v) is 5.68. The number of rotatable bonds is 4. The molecule has 0 unspecified atom stereocenters. The van der Waals surface area contributed by atoms with Gasteiger partial charge < -0.3 is 14.4 Å². The summed E-state index contributed by atoms with van der Waals surface area (Å²) >= 11 is 6.01. The second-order valence-electron chi connectivity index (χ2n) is 8.23.